The van der Waals surface area contributed by atoms with Gasteiger partial charge in [-0.1, -0.05) is 303 Å². The van der Waals surface area contributed by atoms with Gasteiger partial charge in [-0.3, -0.25) is 0 Å². The van der Waals surface area contributed by atoms with Gasteiger partial charge >= 0.3 is 0 Å². The van der Waals surface area contributed by atoms with Crippen LogP contribution in [0.3, 0.4) is 0 Å². The monoisotopic (exact) mass is 1580 g/mol. The van der Waals surface area contributed by atoms with Crippen LogP contribution in [0.4, 0.5) is 34.1 Å². The van der Waals surface area contributed by atoms with Gasteiger partial charge < -0.3 is 14.4 Å². The Morgan fingerprint density at radius 2 is 0.476 bits per heavy atom. The lowest BCUT2D eigenvalue weighted by Gasteiger charge is -2.44. The van der Waals surface area contributed by atoms with E-state index in [1.165, 1.54) is 22.1 Å². The molecule has 0 unspecified atom stereocenters. The lowest BCUT2D eigenvalue weighted by molar-refractivity contribution is 1.07. The molecule has 0 spiro atoms. The summed E-state index contributed by atoms with van der Waals surface area (Å²) >= 11 is 0. The largest absolute Gasteiger partial charge is 0.311 e. The second-order valence-corrected chi connectivity index (χ2v) is 30.9. The summed E-state index contributed by atoms with van der Waals surface area (Å²) in [5.41, 5.74) is 26.5. The molecule has 0 aliphatic carbocycles. The molecule has 15 heteroatoms. The topological polar surface area (TPSA) is 153 Å². The first-order valence-electron chi connectivity index (χ1n) is 41.4. The third-order valence-corrected chi connectivity index (χ3v) is 23.3. The average Bonchev–Trinajstić information content (AvgIpc) is 0.882. The summed E-state index contributed by atoms with van der Waals surface area (Å²) in [6.07, 6.45) is 0. The van der Waals surface area contributed by atoms with E-state index in [4.69, 9.17) is 54.8 Å². The van der Waals surface area contributed by atoms with Crippen LogP contribution >= 0.6 is 0 Å². The molecule has 0 radical (unpaired) electrons. The number of rotatable bonds is 16. The highest BCUT2D eigenvalue weighted by Crippen LogP contribution is 2.47. The van der Waals surface area contributed by atoms with E-state index in [9.17, 15) is 0 Å². The summed E-state index contributed by atoms with van der Waals surface area (Å²) in [6.45, 7) is 0.00726. The number of aromatic nitrogens is 12. The summed E-state index contributed by atoms with van der Waals surface area (Å²) in [4.78, 5) is 63.7. The minimum absolute atomic E-state index is 0.00726. The van der Waals surface area contributed by atoms with Crippen LogP contribution in [0.5, 0.6) is 0 Å². The molecule has 14 nitrogen and oxygen atoms in total. The van der Waals surface area contributed by atoms with E-state index < -0.39 is 0 Å². The molecule has 2 aliphatic rings. The fourth-order valence-electron chi connectivity index (χ4n) is 17.6. The highest BCUT2D eigenvalue weighted by molar-refractivity contribution is 7.00. The van der Waals surface area contributed by atoms with Crippen molar-refractivity contribution in [2.45, 2.75) is 0 Å². The average molecular weight is 1590 g/mol. The lowest BCUT2D eigenvalue weighted by atomic mass is 9.33. The van der Waals surface area contributed by atoms with Crippen LogP contribution in [0.25, 0.3) is 175 Å². The number of nitrogens with zero attached hydrogens (tertiary/aromatic N) is 14. The maximum atomic E-state index is 5.85. The van der Waals surface area contributed by atoms with Crippen LogP contribution in [0.2, 0.25) is 0 Å². The van der Waals surface area contributed by atoms with Gasteiger partial charge in [0.25, 0.3) is 6.71 Å². The summed E-state index contributed by atoms with van der Waals surface area (Å²) < 4.78 is 2.34. The molecular formula is C109H69BN14. The molecule has 578 valence electrons. The Morgan fingerprint density at radius 1 is 0.177 bits per heavy atom. The minimum Gasteiger partial charge on any atom is -0.311 e. The van der Waals surface area contributed by atoms with Crippen LogP contribution < -0.4 is 26.2 Å². The summed E-state index contributed by atoms with van der Waals surface area (Å²) in [5.74, 6) is 5.32. The number of benzene rings is 16. The minimum atomic E-state index is 0.00726. The molecule has 0 N–H and O–H groups in total. The standard InChI is InChI=1S/C109H69BN14/c1-9-32-70(33-10-1)90-69-91(112-106(111-90)79-48-29-46-77(64-79)78-47-30-51-84(65-78)123-96-55-28-26-53-89(96)110-88-52-25-27-54-95(88)122(83-49-23-8-24-50-83)97-56-31-57-98(123)99(97)110)87-68-82(109-120-104(75-42-19-6-20-43-75)115-105(121-109)76-44-21-7-22-45-76)60-63-94(87)124-92-61-58-80(107-116-100(71-34-11-2-12-35-71)113-101(117-107)72-36-13-3-14-37-72)66-85(92)86-67-81(59-62-93(86)124)108-118-102(73-38-15-4-16-39-73)114-103(119-108)74-40-17-5-18-41-74/h1-69H. The van der Waals surface area contributed by atoms with E-state index >= 15 is 0 Å². The Kier molecular flexibility index (Phi) is 18.0. The van der Waals surface area contributed by atoms with E-state index in [2.05, 4.69) is 245 Å². The molecule has 0 atom stereocenters. The van der Waals surface area contributed by atoms with Crippen molar-refractivity contribution in [3.05, 3.63) is 419 Å². The highest BCUT2D eigenvalue weighted by atomic mass is 15.2. The third-order valence-electron chi connectivity index (χ3n) is 23.3. The van der Waals surface area contributed by atoms with Gasteiger partial charge in [0, 0.05) is 112 Å². The van der Waals surface area contributed by atoms with Crippen molar-refractivity contribution in [3.8, 4) is 153 Å². The van der Waals surface area contributed by atoms with Gasteiger partial charge in [-0.2, -0.15) is 0 Å². The molecule has 0 saturated carbocycles. The Labute approximate surface area is 715 Å². The van der Waals surface area contributed by atoms with E-state index in [0.29, 0.717) is 63.9 Å². The van der Waals surface area contributed by atoms with Crippen molar-refractivity contribution >= 4 is 79.0 Å². The second kappa shape index (κ2) is 30.8. The van der Waals surface area contributed by atoms with Crippen molar-refractivity contribution in [3.63, 3.8) is 0 Å². The number of hydrogen-bond donors (Lipinski definition) is 0. The van der Waals surface area contributed by atoms with E-state index in [0.717, 1.165) is 140 Å². The molecule has 0 fully saturated rings. The van der Waals surface area contributed by atoms with Crippen molar-refractivity contribution in [2.75, 3.05) is 9.80 Å². The predicted molar refractivity (Wildman–Crippen MR) is 501 cm³/mol. The van der Waals surface area contributed by atoms with Gasteiger partial charge in [-0.15, -0.1) is 0 Å². The summed E-state index contributed by atoms with van der Waals surface area (Å²) in [5, 5.41) is 1.83. The van der Waals surface area contributed by atoms with Crippen molar-refractivity contribution in [2.24, 2.45) is 0 Å². The first kappa shape index (κ1) is 72.3. The van der Waals surface area contributed by atoms with Crippen LogP contribution in [0.1, 0.15) is 0 Å². The second-order valence-electron chi connectivity index (χ2n) is 30.9. The number of fused-ring (bicyclic) bond motifs is 7. The molecule has 124 heavy (non-hydrogen) atoms. The normalized spacial score (nSPS) is 12.0. The van der Waals surface area contributed by atoms with Crippen LogP contribution in [0.15, 0.2) is 419 Å². The van der Waals surface area contributed by atoms with Crippen LogP contribution in [-0.2, 0) is 0 Å². The number of hydrogen-bond acceptors (Lipinski definition) is 13. The molecule has 7 heterocycles. The van der Waals surface area contributed by atoms with Crippen LogP contribution in [0, 0.1) is 0 Å². The predicted octanol–water partition coefficient (Wildman–Crippen LogP) is 23.9. The molecule has 0 amide bonds. The molecular weight excluding hydrogens is 1520 g/mol. The number of anilines is 6. The first-order valence-corrected chi connectivity index (χ1v) is 41.4. The first-order chi connectivity index (χ1) is 61.4. The maximum Gasteiger partial charge on any atom is 0.252 e. The molecule has 21 aromatic rings. The van der Waals surface area contributed by atoms with Gasteiger partial charge in [0.15, 0.2) is 58.2 Å². The Bertz CT molecular complexity index is 7320. The van der Waals surface area contributed by atoms with E-state index in [-0.39, 0.29) is 6.71 Å². The van der Waals surface area contributed by atoms with E-state index in [1.807, 2.05) is 188 Å². The smallest absolute Gasteiger partial charge is 0.252 e. The van der Waals surface area contributed by atoms with Crippen molar-refractivity contribution in [1.82, 2.24) is 59.4 Å². The Hall–Kier alpha value is -16.9. The van der Waals surface area contributed by atoms with Crippen molar-refractivity contribution in [1.29, 1.82) is 0 Å². The molecule has 2 aliphatic heterocycles. The van der Waals surface area contributed by atoms with Crippen molar-refractivity contribution < 1.29 is 0 Å². The maximum absolute atomic E-state index is 5.85. The fraction of sp³-hybridized carbons (Fsp3) is 0. The summed E-state index contributed by atoms with van der Waals surface area (Å²) in [6, 6.07) is 145. The molecule has 23 rings (SSSR count). The SMILES string of the molecule is c1ccc(-c2cc(-c3cc(-c4nc(-c5ccccc5)nc(-c5ccccc5)n4)ccc3-n3c4ccc(-c5nc(-c6ccccc6)nc(-c6ccccc6)n5)cc4c4cc(-c5nc(-c6ccccc6)nc(-c6ccccc6)n5)ccc43)nc(-c3cccc(-c4cccc(N5c6ccccc6B6c7ccccc7N(c7ccccc7)c7cccc5c76)c4)c3)n2)cc1. The Balaban J connectivity index is 0.730. The zero-order valence-corrected chi connectivity index (χ0v) is 66.7. The van der Waals surface area contributed by atoms with Crippen LogP contribution in [-0.4, -0.2) is 66.1 Å². The van der Waals surface area contributed by atoms with Gasteiger partial charge in [0.05, 0.1) is 28.1 Å². The van der Waals surface area contributed by atoms with Gasteiger partial charge in [0.1, 0.15) is 0 Å². The third kappa shape index (κ3) is 13.2. The fourth-order valence-corrected chi connectivity index (χ4v) is 17.6. The quantitative estimate of drug-likeness (QED) is 0.0844. The van der Waals surface area contributed by atoms with Gasteiger partial charge in [0.2, 0.25) is 0 Å². The molecule has 16 aromatic carbocycles. The number of para-hydroxylation sites is 3. The highest BCUT2D eigenvalue weighted by Gasteiger charge is 2.43. The Morgan fingerprint density at radius 3 is 0.919 bits per heavy atom. The molecule has 0 saturated heterocycles. The zero-order valence-electron chi connectivity index (χ0n) is 66.7. The van der Waals surface area contributed by atoms with Gasteiger partial charge in [-0.05, 0) is 143 Å². The van der Waals surface area contributed by atoms with E-state index in [1.54, 1.807) is 0 Å². The molecule has 5 aromatic heterocycles. The molecule has 0 bridgehead atoms. The van der Waals surface area contributed by atoms with Gasteiger partial charge in [-0.25, -0.2) is 54.8 Å². The zero-order chi connectivity index (χ0) is 82.0. The lowest BCUT2D eigenvalue weighted by Crippen LogP contribution is -2.61. The summed E-state index contributed by atoms with van der Waals surface area (Å²) in [7, 11) is 0.